The molecule has 7 heteroatoms. The molecule has 1 aromatic carbocycles. The van der Waals surface area contributed by atoms with Crippen molar-refractivity contribution < 1.29 is 4.79 Å². The molecular formula is C23H24ClN5O. The van der Waals surface area contributed by atoms with Crippen molar-refractivity contribution in [3.8, 4) is 5.69 Å². The van der Waals surface area contributed by atoms with Gasteiger partial charge >= 0.3 is 0 Å². The molecule has 3 aromatic rings. The summed E-state index contributed by atoms with van der Waals surface area (Å²) in [6.07, 6.45) is 10.2. The molecule has 1 saturated carbocycles. The summed E-state index contributed by atoms with van der Waals surface area (Å²) in [4.78, 5) is 21.8. The highest BCUT2D eigenvalue weighted by Crippen LogP contribution is 2.55. The van der Waals surface area contributed by atoms with E-state index in [0.717, 1.165) is 42.8 Å². The summed E-state index contributed by atoms with van der Waals surface area (Å²) in [5, 5.41) is 9.14. The van der Waals surface area contributed by atoms with Crippen LogP contribution in [0.4, 0.5) is 0 Å². The fourth-order valence-corrected chi connectivity index (χ4v) is 4.67. The third-order valence-electron chi connectivity index (χ3n) is 6.37. The molecule has 2 fully saturated rings. The molecule has 1 amide bonds. The van der Waals surface area contributed by atoms with Crippen LogP contribution in [-0.4, -0.2) is 43.4 Å². The standard InChI is InChI=1S/C23H24ClN5O/c1-16-2-7-21(29-26-10-11-27-29)20(12-16)22(30)28-15-23(8-9-23)13-19(28)6-5-18-4-3-17(24)14-25-18/h2-4,7,10-12,14,19H,5-6,8-9,13,15H2,1H3. The number of hydrogen-bond donors (Lipinski definition) is 0. The van der Waals surface area contributed by atoms with E-state index >= 15 is 0 Å². The fourth-order valence-electron chi connectivity index (χ4n) is 4.56. The Morgan fingerprint density at radius 1 is 1.20 bits per heavy atom. The van der Waals surface area contributed by atoms with E-state index < -0.39 is 0 Å². The monoisotopic (exact) mass is 421 g/mol. The molecule has 0 bridgehead atoms. The van der Waals surface area contributed by atoms with Crippen molar-refractivity contribution in [2.45, 2.75) is 45.1 Å². The van der Waals surface area contributed by atoms with Gasteiger partial charge < -0.3 is 4.90 Å². The molecule has 1 aliphatic carbocycles. The second-order valence-electron chi connectivity index (χ2n) is 8.64. The van der Waals surface area contributed by atoms with E-state index in [4.69, 9.17) is 11.6 Å². The van der Waals surface area contributed by atoms with Crippen molar-refractivity contribution in [1.82, 2.24) is 24.9 Å². The number of aromatic nitrogens is 4. The molecule has 0 N–H and O–H groups in total. The number of amides is 1. The molecule has 2 aromatic heterocycles. The summed E-state index contributed by atoms with van der Waals surface area (Å²) in [6, 6.07) is 9.94. The number of carbonyl (C=O) groups excluding carboxylic acids is 1. The molecule has 154 valence electrons. The fraction of sp³-hybridized carbons (Fsp3) is 0.391. The topological polar surface area (TPSA) is 63.9 Å². The number of carbonyl (C=O) groups is 1. The van der Waals surface area contributed by atoms with Crippen LogP contribution in [0.25, 0.3) is 5.69 Å². The van der Waals surface area contributed by atoms with Crippen molar-refractivity contribution >= 4 is 17.5 Å². The summed E-state index contributed by atoms with van der Waals surface area (Å²) in [5.41, 5.74) is 3.78. The van der Waals surface area contributed by atoms with Crippen LogP contribution in [-0.2, 0) is 6.42 Å². The van der Waals surface area contributed by atoms with Crippen molar-refractivity contribution in [3.05, 3.63) is 70.8 Å². The van der Waals surface area contributed by atoms with Gasteiger partial charge in [-0.1, -0.05) is 23.2 Å². The van der Waals surface area contributed by atoms with Crippen LogP contribution in [0.1, 0.15) is 47.3 Å². The first-order valence-electron chi connectivity index (χ1n) is 10.4. The number of halogens is 1. The zero-order valence-corrected chi connectivity index (χ0v) is 17.7. The van der Waals surface area contributed by atoms with Crippen molar-refractivity contribution in [2.24, 2.45) is 5.41 Å². The second kappa shape index (κ2) is 7.51. The minimum Gasteiger partial charge on any atom is -0.335 e. The highest BCUT2D eigenvalue weighted by Gasteiger charge is 2.53. The molecule has 1 unspecified atom stereocenters. The van der Waals surface area contributed by atoms with Crippen LogP contribution in [0, 0.1) is 12.3 Å². The first kappa shape index (κ1) is 19.2. The lowest BCUT2D eigenvalue weighted by molar-refractivity contribution is 0.0724. The Morgan fingerprint density at radius 2 is 2.00 bits per heavy atom. The quantitative estimate of drug-likeness (QED) is 0.617. The molecule has 1 aliphatic heterocycles. The van der Waals surface area contributed by atoms with Gasteiger partial charge in [0.25, 0.3) is 5.91 Å². The van der Waals surface area contributed by atoms with Crippen LogP contribution in [0.2, 0.25) is 5.02 Å². The van der Waals surface area contributed by atoms with Gasteiger partial charge in [0.15, 0.2) is 0 Å². The first-order chi connectivity index (χ1) is 14.5. The zero-order valence-electron chi connectivity index (χ0n) is 17.0. The first-order valence-corrected chi connectivity index (χ1v) is 10.8. The number of benzene rings is 1. The Bertz CT molecular complexity index is 1060. The van der Waals surface area contributed by atoms with Gasteiger partial charge in [-0.3, -0.25) is 9.78 Å². The van der Waals surface area contributed by atoms with Crippen molar-refractivity contribution in [2.75, 3.05) is 6.54 Å². The highest BCUT2D eigenvalue weighted by molar-refractivity contribution is 6.30. The van der Waals surface area contributed by atoms with Gasteiger partial charge in [-0.2, -0.15) is 15.0 Å². The van der Waals surface area contributed by atoms with E-state index in [2.05, 4.69) is 20.1 Å². The lowest BCUT2D eigenvalue weighted by atomic mass is 9.99. The van der Waals surface area contributed by atoms with Gasteiger partial charge in [0, 0.05) is 24.5 Å². The van der Waals surface area contributed by atoms with Gasteiger partial charge in [0.2, 0.25) is 0 Å². The van der Waals surface area contributed by atoms with Gasteiger partial charge in [-0.15, -0.1) is 0 Å². The van der Waals surface area contributed by atoms with Crippen molar-refractivity contribution in [3.63, 3.8) is 0 Å². The van der Waals surface area contributed by atoms with E-state index in [9.17, 15) is 4.79 Å². The maximum absolute atomic E-state index is 13.7. The van der Waals surface area contributed by atoms with Crippen LogP contribution < -0.4 is 0 Å². The third kappa shape index (κ3) is 3.72. The molecule has 30 heavy (non-hydrogen) atoms. The normalized spacial score (nSPS) is 19.4. The van der Waals surface area contributed by atoms with Crippen LogP contribution in [0.5, 0.6) is 0 Å². The Balaban J connectivity index is 1.41. The summed E-state index contributed by atoms with van der Waals surface area (Å²) in [7, 11) is 0. The molecule has 6 nitrogen and oxygen atoms in total. The third-order valence-corrected chi connectivity index (χ3v) is 6.60. The van der Waals surface area contributed by atoms with Crippen LogP contribution >= 0.6 is 11.6 Å². The van der Waals surface area contributed by atoms with Gasteiger partial charge in [-0.05, 0) is 68.7 Å². The van der Waals surface area contributed by atoms with Crippen LogP contribution in [0.3, 0.4) is 0 Å². The number of likely N-dealkylation sites (tertiary alicyclic amines) is 1. The SMILES string of the molecule is Cc1ccc(-n2nccn2)c(C(=O)N2CC3(CC3)CC2CCc2ccc(Cl)cn2)c1. The van der Waals surface area contributed by atoms with E-state index in [-0.39, 0.29) is 11.9 Å². The van der Waals surface area contributed by atoms with E-state index in [1.165, 1.54) is 17.6 Å². The number of pyridine rings is 1. The minimum absolute atomic E-state index is 0.0730. The number of nitrogens with zero attached hydrogens (tertiary/aromatic N) is 5. The van der Waals surface area contributed by atoms with E-state index in [0.29, 0.717) is 16.0 Å². The zero-order chi connectivity index (χ0) is 20.7. The number of rotatable bonds is 5. The predicted molar refractivity (Wildman–Crippen MR) is 115 cm³/mol. The second-order valence-corrected chi connectivity index (χ2v) is 9.07. The minimum atomic E-state index is 0.0730. The molecule has 1 saturated heterocycles. The summed E-state index contributed by atoms with van der Waals surface area (Å²) >= 11 is 5.96. The van der Waals surface area contributed by atoms with Crippen LogP contribution in [0.15, 0.2) is 48.9 Å². The Labute approximate surface area is 180 Å². The predicted octanol–water partition coefficient (Wildman–Crippen LogP) is 4.25. The number of hydrogen-bond acceptors (Lipinski definition) is 4. The van der Waals surface area contributed by atoms with Gasteiger partial charge in [0.05, 0.1) is 28.7 Å². The molecular weight excluding hydrogens is 398 g/mol. The molecule has 3 heterocycles. The summed E-state index contributed by atoms with van der Waals surface area (Å²) in [5.74, 6) is 0.0730. The smallest absolute Gasteiger partial charge is 0.256 e. The molecule has 0 radical (unpaired) electrons. The average Bonchev–Trinajstić information content (AvgIpc) is 3.14. The Morgan fingerprint density at radius 3 is 2.70 bits per heavy atom. The molecule has 1 spiro atoms. The molecule has 5 rings (SSSR count). The lowest BCUT2D eigenvalue weighted by Crippen LogP contribution is -2.37. The lowest BCUT2D eigenvalue weighted by Gasteiger charge is -2.26. The maximum atomic E-state index is 13.7. The summed E-state index contributed by atoms with van der Waals surface area (Å²) < 4.78 is 0. The summed E-state index contributed by atoms with van der Waals surface area (Å²) in [6.45, 7) is 2.84. The van der Waals surface area contributed by atoms with Crippen molar-refractivity contribution in [1.29, 1.82) is 0 Å². The van der Waals surface area contributed by atoms with E-state index in [1.54, 1.807) is 18.6 Å². The Kier molecular flexibility index (Phi) is 4.82. The largest absolute Gasteiger partial charge is 0.335 e. The highest BCUT2D eigenvalue weighted by atomic mass is 35.5. The molecule has 2 aliphatic rings. The van der Waals surface area contributed by atoms with Gasteiger partial charge in [0.1, 0.15) is 0 Å². The number of aryl methyl sites for hydroxylation is 2. The molecule has 1 atom stereocenters. The van der Waals surface area contributed by atoms with E-state index in [1.807, 2.05) is 37.3 Å². The maximum Gasteiger partial charge on any atom is 0.256 e. The average molecular weight is 422 g/mol. The van der Waals surface area contributed by atoms with Gasteiger partial charge in [-0.25, -0.2) is 0 Å². The Hall–Kier alpha value is -2.73.